The number of rotatable bonds is 7. The Labute approximate surface area is 198 Å². The topological polar surface area (TPSA) is 69.6 Å². The normalized spacial score (nSPS) is 58.6. The smallest absolute Gasteiger partial charge is 0.0827 e. The van der Waals surface area contributed by atoms with Crippen LogP contribution in [0, 0.1) is 40.4 Å². The van der Waals surface area contributed by atoms with Crippen molar-refractivity contribution in [2.75, 3.05) is 55.2 Å². The van der Waals surface area contributed by atoms with E-state index in [4.69, 9.17) is 23.7 Å². The molecule has 1 spiro atoms. The van der Waals surface area contributed by atoms with Crippen LogP contribution in [0.1, 0.15) is 32.6 Å². The van der Waals surface area contributed by atoms with E-state index in [1.165, 1.54) is 0 Å². The molecule has 13 unspecified atom stereocenters. The van der Waals surface area contributed by atoms with Gasteiger partial charge in [-0.2, -0.15) is 0 Å². The molecule has 1 aliphatic heterocycles. The van der Waals surface area contributed by atoms with E-state index in [-0.39, 0.29) is 46.9 Å². The lowest BCUT2D eigenvalue weighted by atomic mass is 9.43. The minimum absolute atomic E-state index is 0.0118. The summed E-state index contributed by atoms with van der Waals surface area (Å²) in [4.78, 5) is 2.72. The van der Waals surface area contributed by atoms with E-state index in [0.29, 0.717) is 17.9 Å². The summed E-state index contributed by atoms with van der Waals surface area (Å²) >= 11 is 0. The third-order valence-electron chi connectivity index (χ3n) is 11.7. The van der Waals surface area contributed by atoms with Crippen LogP contribution in [-0.2, 0) is 23.7 Å². The highest BCUT2D eigenvalue weighted by Crippen LogP contribution is 2.79. The van der Waals surface area contributed by atoms with E-state index in [2.05, 4.69) is 11.8 Å². The van der Waals surface area contributed by atoms with Gasteiger partial charge in [-0.3, -0.25) is 4.90 Å². The molecule has 0 aromatic rings. The van der Waals surface area contributed by atoms with Gasteiger partial charge in [-0.1, -0.05) is 6.92 Å². The van der Waals surface area contributed by atoms with Crippen LogP contribution in [0.3, 0.4) is 0 Å². The maximum Gasteiger partial charge on any atom is 0.0827 e. The average molecular weight is 466 g/mol. The molecular weight excluding hydrogens is 422 g/mol. The lowest BCUT2D eigenvalue weighted by molar-refractivity contribution is -0.281. The molecule has 7 bridgehead atoms. The first-order valence-electron chi connectivity index (χ1n) is 13.0. The fraction of sp³-hybridized carbons (Fsp3) is 1.00. The van der Waals surface area contributed by atoms with E-state index in [0.717, 1.165) is 45.4 Å². The van der Waals surface area contributed by atoms with Gasteiger partial charge in [-0.05, 0) is 31.7 Å². The van der Waals surface area contributed by atoms with Gasteiger partial charge in [0.25, 0.3) is 0 Å². The van der Waals surface area contributed by atoms with E-state index in [1.807, 2.05) is 28.4 Å². The first-order valence-corrected chi connectivity index (χ1v) is 13.0. The number of hydrogen-bond donors (Lipinski definition) is 1. The number of piperidine rings is 1. The molecular formula is C26H43NO6. The number of nitrogens with zero attached hydrogens (tertiary/aromatic N) is 1. The second-order valence-corrected chi connectivity index (χ2v) is 11.9. The minimum atomic E-state index is -0.458. The van der Waals surface area contributed by atoms with Crippen molar-refractivity contribution in [3.05, 3.63) is 0 Å². The van der Waals surface area contributed by atoms with Gasteiger partial charge in [0.05, 0.1) is 36.6 Å². The van der Waals surface area contributed by atoms with Gasteiger partial charge in [0.15, 0.2) is 0 Å². The summed E-state index contributed by atoms with van der Waals surface area (Å²) in [7, 11) is 9.30. The molecule has 0 amide bonds. The molecule has 0 aromatic heterocycles. The van der Waals surface area contributed by atoms with Crippen molar-refractivity contribution in [2.45, 2.75) is 68.7 Å². The molecule has 5 saturated carbocycles. The highest BCUT2D eigenvalue weighted by Gasteiger charge is 2.86. The lowest BCUT2D eigenvalue weighted by Crippen LogP contribution is -2.76. The quantitative estimate of drug-likeness (QED) is 0.615. The Morgan fingerprint density at radius 2 is 1.82 bits per heavy atom. The summed E-state index contributed by atoms with van der Waals surface area (Å²) in [6, 6.07) is 0.315. The molecule has 1 N–H and O–H groups in total. The van der Waals surface area contributed by atoms with Crippen LogP contribution < -0.4 is 0 Å². The molecule has 13 atom stereocenters. The summed E-state index contributed by atoms with van der Waals surface area (Å²) in [6.07, 6.45) is 3.75. The van der Waals surface area contributed by atoms with Crippen molar-refractivity contribution in [2.24, 2.45) is 40.4 Å². The Kier molecular flexibility index (Phi) is 5.34. The van der Waals surface area contributed by atoms with Crippen LogP contribution in [0.5, 0.6) is 0 Å². The van der Waals surface area contributed by atoms with Crippen molar-refractivity contribution >= 4 is 0 Å². The predicted octanol–water partition coefficient (Wildman–Crippen LogP) is 1.81. The summed E-state index contributed by atoms with van der Waals surface area (Å²) in [5.74, 6) is 1.08. The number of methoxy groups -OCH3 is 5. The highest BCUT2D eigenvalue weighted by molar-refractivity contribution is 5.36. The third kappa shape index (κ3) is 2.37. The minimum Gasteiger partial charge on any atom is -0.392 e. The Morgan fingerprint density at radius 1 is 1.03 bits per heavy atom. The van der Waals surface area contributed by atoms with Gasteiger partial charge < -0.3 is 28.8 Å². The van der Waals surface area contributed by atoms with Gasteiger partial charge in [0, 0.05) is 89.1 Å². The zero-order chi connectivity index (χ0) is 23.3. The van der Waals surface area contributed by atoms with Crippen molar-refractivity contribution in [1.82, 2.24) is 4.90 Å². The second-order valence-electron chi connectivity index (χ2n) is 11.9. The molecule has 7 nitrogen and oxygen atoms in total. The lowest BCUT2D eigenvalue weighted by Gasteiger charge is -2.69. The molecule has 6 aliphatic rings. The molecule has 33 heavy (non-hydrogen) atoms. The van der Waals surface area contributed by atoms with Crippen LogP contribution in [0.2, 0.25) is 0 Å². The molecule has 188 valence electrons. The van der Waals surface area contributed by atoms with Gasteiger partial charge in [-0.15, -0.1) is 0 Å². The molecule has 0 aromatic carbocycles. The van der Waals surface area contributed by atoms with Crippen LogP contribution >= 0.6 is 0 Å². The summed E-state index contributed by atoms with van der Waals surface area (Å²) in [6.45, 7) is 5.07. The fourth-order valence-corrected chi connectivity index (χ4v) is 11.3. The van der Waals surface area contributed by atoms with Crippen molar-refractivity contribution in [3.63, 3.8) is 0 Å². The zero-order valence-electron chi connectivity index (χ0n) is 21.2. The van der Waals surface area contributed by atoms with Gasteiger partial charge in [-0.25, -0.2) is 0 Å². The first-order chi connectivity index (χ1) is 15.9. The summed E-state index contributed by atoms with van der Waals surface area (Å²) < 4.78 is 31.6. The maximum absolute atomic E-state index is 11.8. The Balaban J connectivity index is 1.65. The SMILES string of the molecule is CCN1CC2(COC)CCC(OC)C34C5CC6C(OC)CC(OC)(C5C6O)C(C(OC)C23)C14. The summed E-state index contributed by atoms with van der Waals surface area (Å²) in [5.41, 5.74) is -0.500. The van der Waals surface area contributed by atoms with Crippen molar-refractivity contribution in [3.8, 4) is 0 Å². The van der Waals surface area contributed by atoms with Crippen LogP contribution in [0.4, 0.5) is 0 Å². The molecule has 7 heteroatoms. The standard InChI is InChI=1S/C26H43NO6/c1-7-27-12-24(13-29-2)9-8-17(31-4)26-15-10-14-16(30-3)11-25(33-6,18(15)20(14)28)19(23(26)27)21(32-5)22(24)26/h14-23,28H,7-13H2,1-6H3. The monoisotopic (exact) mass is 465 g/mol. The van der Waals surface area contributed by atoms with Gasteiger partial charge >= 0.3 is 0 Å². The molecule has 5 aliphatic carbocycles. The number of ether oxygens (including phenoxy) is 5. The predicted molar refractivity (Wildman–Crippen MR) is 122 cm³/mol. The molecule has 1 saturated heterocycles. The number of likely N-dealkylation sites (tertiary alicyclic amines) is 1. The molecule has 6 rings (SSSR count). The van der Waals surface area contributed by atoms with E-state index in [1.54, 1.807) is 7.11 Å². The van der Waals surface area contributed by atoms with Crippen molar-refractivity contribution in [1.29, 1.82) is 0 Å². The second kappa shape index (κ2) is 7.61. The zero-order valence-corrected chi connectivity index (χ0v) is 21.2. The first kappa shape index (κ1) is 23.1. The number of fused-ring (bicyclic) bond motifs is 2. The van der Waals surface area contributed by atoms with Gasteiger partial charge in [0.1, 0.15) is 0 Å². The highest BCUT2D eigenvalue weighted by atomic mass is 16.5. The number of hydrogen-bond acceptors (Lipinski definition) is 7. The largest absolute Gasteiger partial charge is 0.392 e. The number of aliphatic hydroxyl groups is 1. The fourth-order valence-electron chi connectivity index (χ4n) is 11.3. The third-order valence-corrected chi connectivity index (χ3v) is 11.7. The van der Waals surface area contributed by atoms with Crippen LogP contribution in [0.25, 0.3) is 0 Å². The maximum atomic E-state index is 11.8. The molecule has 0 radical (unpaired) electrons. The Morgan fingerprint density at radius 3 is 2.42 bits per heavy atom. The molecule has 6 fully saturated rings. The Hall–Kier alpha value is -0.280. The molecule has 1 heterocycles. The number of aliphatic hydroxyl groups excluding tert-OH is 1. The van der Waals surface area contributed by atoms with Crippen LogP contribution in [-0.4, -0.2) is 101 Å². The van der Waals surface area contributed by atoms with E-state index >= 15 is 0 Å². The van der Waals surface area contributed by atoms with E-state index < -0.39 is 11.7 Å². The Bertz CT molecular complexity index is 782. The summed E-state index contributed by atoms with van der Waals surface area (Å²) in [5, 5.41) is 11.8. The van der Waals surface area contributed by atoms with Crippen molar-refractivity contribution < 1.29 is 28.8 Å². The van der Waals surface area contributed by atoms with Crippen LogP contribution in [0.15, 0.2) is 0 Å². The van der Waals surface area contributed by atoms with Gasteiger partial charge in [0.2, 0.25) is 0 Å². The van der Waals surface area contributed by atoms with E-state index in [9.17, 15) is 5.11 Å². The average Bonchev–Trinajstić information content (AvgIpc) is 3.21.